The van der Waals surface area contributed by atoms with Crippen LogP contribution < -0.4 is 11.1 Å². The van der Waals surface area contributed by atoms with Gasteiger partial charge in [0.2, 0.25) is 0 Å². The lowest BCUT2D eigenvalue weighted by Gasteiger charge is -2.18. The van der Waals surface area contributed by atoms with Crippen LogP contribution in [0, 0.1) is 0 Å². The van der Waals surface area contributed by atoms with Crippen molar-refractivity contribution in [1.82, 2.24) is 5.32 Å². The van der Waals surface area contributed by atoms with Crippen LogP contribution in [-0.4, -0.2) is 19.6 Å². The summed E-state index contributed by atoms with van der Waals surface area (Å²) in [7, 11) is 1.53. The first kappa shape index (κ1) is 18.2. The van der Waals surface area contributed by atoms with E-state index in [-0.39, 0.29) is 11.9 Å². The zero-order valence-electron chi connectivity index (χ0n) is 14.5. The van der Waals surface area contributed by atoms with E-state index in [2.05, 4.69) is 31.3 Å². The predicted octanol–water partition coefficient (Wildman–Crippen LogP) is 3.31. The Morgan fingerprint density at radius 3 is 2.12 bits per heavy atom. The minimum atomic E-state index is -0.623. The van der Waals surface area contributed by atoms with Gasteiger partial charge in [0.1, 0.15) is 0 Å². The number of nitrogens with one attached hydrogen (secondary N) is 1. The number of ether oxygens (including phenoxy) is 1. The molecule has 0 spiro atoms. The third-order valence-corrected chi connectivity index (χ3v) is 4.10. The van der Waals surface area contributed by atoms with Crippen molar-refractivity contribution in [1.29, 1.82) is 0 Å². The second kappa shape index (κ2) is 8.62. The minimum absolute atomic E-state index is 0.182. The Labute approximate surface area is 144 Å². The van der Waals surface area contributed by atoms with Gasteiger partial charge in [-0.25, -0.2) is 0 Å². The van der Waals surface area contributed by atoms with Crippen LogP contribution in [0.4, 0.5) is 0 Å². The van der Waals surface area contributed by atoms with Crippen LogP contribution in [0.25, 0.3) is 0 Å². The molecular weight excluding hydrogens is 300 g/mol. The van der Waals surface area contributed by atoms with E-state index in [9.17, 15) is 4.79 Å². The number of amides is 1. The van der Waals surface area contributed by atoms with Crippen LogP contribution in [0.2, 0.25) is 0 Å². The maximum absolute atomic E-state index is 12.4. The number of rotatable bonds is 7. The molecule has 3 N–H and O–H groups in total. The van der Waals surface area contributed by atoms with Gasteiger partial charge >= 0.3 is 0 Å². The van der Waals surface area contributed by atoms with Crippen molar-refractivity contribution in [3.05, 3.63) is 71.3 Å². The third kappa shape index (κ3) is 4.66. The first-order valence-electron chi connectivity index (χ1n) is 8.23. The summed E-state index contributed by atoms with van der Waals surface area (Å²) in [4.78, 5) is 12.4. The Hall–Kier alpha value is -2.17. The molecule has 0 aromatic heterocycles. The highest BCUT2D eigenvalue weighted by Crippen LogP contribution is 2.19. The summed E-state index contributed by atoms with van der Waals surface area (Å²) < 4.78 is 5.33. The van der Waals surface area contributed by atoms with E-state index in [1.165, 1.54) is 12.7 Å². The highest BCUT2D eigenvalue weighted by molar-refractivity contribution is 5.82. The summed E-state index contributed by atoms with van der Waals surface area (Å²) in [5, 5.41) is 2.88. The summed E-state index contributed by atoms with van der Waals surface area (Å²) in [6, 6.07) is 17.4. The molecule has 4 heteroatoms. The summed E-state index contributed by atoms with van der Waals surface area (Å²) >= 11 is 0. The van der Waals surface area contributed by atoms with Crippen molar-refractivity contribution >= 4 is 5.91 Å². The maximum Gasteiger partial charge on any atom is 0.253 e. The van der Waals surface area contributed by atoms with Gasteiger partial charge in [-0.1, -0.05) is 68.4 Å². The SMILES string of the molecule is COC(C(=O)NCC(N)c1ccc(C(C)C)cc1)c1ccccc1. The van der Waals surface area contributed by atoms with E-state index >= 15 is 0 Å². The number of hydrogen-bond donors (Lipinski definition) is 2. The topological polar surface area (TPSA) is 64.3 Å². The average Bonchev–Trinajstić information content (AvgIpc) is 2.61. The van der Waals surface area contributed by atoms with Crippen molar-refractivity contribution < 1.29 is 9.53 Å². The van der Waals surface area contributed by atoms with Crippen LogP contribution in [0.5, 0.6) is 0 Å². The molecule has 2 aromatic rings. The van der Waals surface area contributed by atoms with Crippen molar-refractivity contribution in [2.75, 3.05) is 13.7 Å². The summed E-state index contributed by atoms with van der Waals surface area (Å²) in [5.74, 6) is 0.307. The molecule has 0 aliphatic heterocycles. The lowest BCUT2D eigenvalue weighted by Crippen LogP contribution is -2.35. The predicted molar refractivity (Wildman–Crippen MR) is 96.7 cm³/mol. The monoisotopic (exact) mass is 326 g/mol. The molecule has 24 heavy (non-hydrogen) atoms. The molecule has 0 heterocycles. The maximum atomic E-state index is 12.4. The number of carbonyl (C=O) groups is 1. The number of nitrogens with two attached hydrogens (primary N) is 1. The van der Waals surface area contributed by atoms with Gasteiger partial charge in [-0.3, -0.25) is 4.79 Å². The van der Waals surface area contributed by atoms with Crippen LogP contribution in [0.15, 0.2) is 54.6 Å². The smallest absolute Gasteiger partial charge is 0.253 e. The highest BCUT2D eigenvalue weighted by Gasteiger charge is 2.20. The van der Waals surface area contributed by atoms with Crippen LogP contribution in [0.1, 0.15) is 48.6 Å². The van der Waals surface area contributed by atoms with E-state index < -0.39 is 6.10 Å². The Bertz CT molecular complexity index is 638. The van der Waals surface area contributed by atoms with Gasteiger partial charge in [-0.2, -0.15) is 0 Å². The fraction of sp³-hybridized carbons (Fsp3) is 0.350. The van der Waals surface area contributed by atoms with E-state index in [1.807, 2.05) is 42.5 Å². The molecule has 2 aromatic carbocycles. The second-order valence-electron chi connectivity index (χ2n) is 6.20. The van der Waals surface area contributed by atoms with Crippen LogP contribution in [-0.2, 0) is 9.53 Å². The fourth-order valence-electron chi connectivity index (χ4n) is 2.57. The molecule has 2 rings (SSSR count). The Kier molecular flexibility index (Phi) is 6.53. The molecule has 0 saturated heterocycles. The van der Waals surface area contributed by atoms with Gasteiger partial charge in [0.15, 0.2) is 6.10 Å². The summed E-state index contributed by atoms with van der Waals surface area (Å²) in [6.45, 7) is 4.68. The summed E-state index contributed by atoms with van der Waals surface area (Å²) in [6.07, 6.45) is -0.623. The van der Waals surface area contributed by atoms with Gasteiger partial charge < -0.3 is 15.8 Å². The molecule has 2 unspecified atom stereocenters. The molecule has 128 valence electrons. The van der Waals surface area contributed by atoms with E-state index in [0.717, 1.165) is 11.1 Å². The van der Waals surface area contributed by atoms with E-state index in [4.69, 9.17) is 10.5 Å². The molecule has 4 nitrogen and oxygen atoms in total. The van der Waals surface area contributed by atoms with Gasteiger partial charge in [0, 0.05) is 19.7 Å². The molecule has 0 bridgehead atoms. The standard InChI is InChI=1S/C20H26N2O2/c1-14(2)15-9-11-16(12-10-15)18(21)13-22-20(23)19(24-3)17-7-5-4-6-8-17/h4-12,14,18-19H,13,21H2,1-3H3,(H,22,23). The first-order valence-corrected chi connectivity index (χ1v) is 8.23. The van der Waals surface area contributed by atoms with Crippen molar-refractivity contribution in [3.8, 4) is 0 Å². The molecule has 0 aliphatic carbocycles. The molecule has 0 fully saturated rings. The van der Waals surface area contributed by atoms with E-state index in [0.29, 0.717) is 12.5 Å². The summed E-state index contributed by atoms with van der Waals surface area (Å²) in [5.41, 5.74) is 9.30. The van der Waals surface area contributed by atoms with Crippen molar-refractivity contribution in [3.63, 3.8) is 0 Å². The minimum Gasteiger partial charge on any atom is -0.367 e. The zero-order chi connectivity index (χ0) is 17.5. The van der Waals surface area contributed by atoms with Crippen molar-refractivity contribution in [2.45, 2.75) is 31.9 Å². The number of methoxy groups -OCH3 is 1. The normalized spacial score (nSPS) is 13.5. The van der Waals surface area contributed by atoms with Gasteiger partial charge in [-0.05, 0) is 22.6 Å². The fourth-order valence-corrected chi connectivity index (χ4v) is 2.57. The second-order valence-corrected chi connectivity index (χ2v) is 6.20. The Morgan fingerprint density at radius 1 is 1.00 bits per heavy atom. The Balaban J connectivity index is 1.95. The lowest BCUT2D eigenvalue weighted by atomic mass is 9.99. The van der Waals surface area contributed by atoms with Gasteiger partial charge in [0.05, 0.1) is 0 Å². The Morgan fingerprint density at radius 2 is 1.58 bits per heavy atom. The first-order chi connectivity index (χ1) is 11.5. The van der Waals surface area contributed by atoms with Crippen molar-refractivity contribution in [2.24, 2.45) is 5.73 Å². The molecule has 0 radical (unpaired) electrons. The van der Waals surface area contributed by atoms with Gasteiger partial charge in [0.25, 0.3) is 5.91 Å². The molecule has 0 aliphatic rings. The molecular formula is C20H26N2O2. The zero-order valence-corrected chi connectivity index (χ0v) is 14.5. The molecule has 2 atom stereocenters. The number of benzene rings is 2. The molecule has 1 amide bonds. The number of carbonyl (C=O) groups excluding carboxylic acids is 1. The lowest BCUT2D eigenvalue weighted by molar-refractivity contribution is -0.131. The quantitative estimate of drug-likeness (QED) is 0.820. The molecule has 0 saturated carbocycles. The van der Waals surface area contributed by atoms with E-state index in [1.54, 1.807) is 0 Å². The van der Waals surface area contributed by atoms with Gasteiger partial charge in [-0.15, -0.1) is 0 Å². The average molecular weight is 326 g/mol. The highest BCUT2D eigenvalue weighted by atomic mass is 16.5. The largest absolute Gasteiger partial charge is 0.367 e. The number of hydrogen-bond acceptors (Lipinski definition) is 3. The third-order valence-electron chi connectivity index (χ3n) is 4.10. The van der Waals surface area contributed by atoms with Crippen LogP contribution in [0.3, 0.4) is 0 Å². The van der Waals surface area contributed by atoms with Crippen LogP contribution >= 0.6 is 0 Å².